The molecule has 1 aromatic carbocycles. The van der Waals surface area contributed by atoms with Gasteiger partial charge >= 0.3 is 0 Å². The average Bonchev–Trinajstić information content (AvgIpc) is 3.06. The highest BCUT2D eigenvalue weighted by Crippen LogP contribution is 2.25. The van der Waals surface area contributed by atoms with E-state index in [0.717, 1.165) is 0 Å². The Bertz CT molecular complexity index is 833. The van der Waals surface area contributed by atoms with Crippen molar-refractivity contribution < 1.29 is 14.3 Å². The Morgan fingerprint density at radius 1 is 1.32 bits per heavy atom. The molecule has 28 heavy (non-hydrogen) atoms. The summed E-state index contributed by atoms with van der Waals surface area (Å²) in [5.74, 6) is 0.778. The normalized spacial score (nSPS) is 11.9. The molecule has 0 fully saturated rings. The van der Waals surface area contributed by atoms with Gasteiger partial charge in [-0.3, -0.25) is 9.59 Å². The number of allylic oxidation sites excluding steroid dienone is 1. The minimum absolute atomic E-state index is 0.0592. The lowest BCUT2D eigenvalue weighted by atomic mass is 10.0. The van der Waals surface area contributed by atoms with Crippen LogP contribution in [0.4, 0.5) is 0 Å². The fraction of sp³-hybridized carbons (Fsp3) is 0.368. The molecule has 1 atom stereocenters. The third-order valence-electron chi connectivity index (χ3n) is 3.98. The van der Waals surface area contributed by atoms with Crippen molar-refractivity contribution in [1.82, 2.24) is 20.1 Å². The van der Waals surface area contributed by atoms with Crippen LogP contribution in [0.1, 0.15) is 36.1 Å². The Hall–Kier alpha value is -2.81. The van der Waals surface area contributed by atoms with E-state index in [-0.39, 0.29) is 23.6 Å². The van der Waals surface area contributed by atoms with E-state index in [4.69, 9.17) is 10.5 Å². The van der Waals surface area contributed by atoms with Crippen molar-refractivity contribution in [3.63, 3.8) is 0 Å². The predicted molar refractivity (Wildman–Crippen MR) is 108 cm³/mol. The Morgan fingerprint density at radius 3 is 2.54 bits per heavy atom. The van der Waals surface area contributed by atoms with E-state index in [1.807, 2.05) is 18.4 Å². The van der Waals surface area contributed by atoms with Crippen LogP contribution in [0.15, 0.2) is 42.1 Å². The Kier molecular flexibility index (Phi) is 7.62. The van der Waals surface area contributed by atoms with E-state index in [9.17, 15) is 9.59 Å². The number of thioether (sulfide) groups is 1. The molecular formula is C19H25N5O3S. The molecule has 0 aliphatic rings. The molecule has 0 aliphatic heterocycles. The first-order valence-electron chi connectivity index (χ1n) is 8.77. The van der Waals surface area contributed by atoms with E-state index in [2.05, 4.69) is 22.1 Å². The number of nitrogens with one attached hydrogen (secondary N) is 1. The SMILES string of the molecule is C=CCn1c(SCC(N)=O)nnc1C(NC(=O)c1ccc(OC)cc1)C(C)C. The van der Waals surface area contributed by atoms with Gasteiger partial charge in [-0.1, -0.05) is 31.7 Å². The topological polar surface area (TPSA) is 112 Å². The highest BCUT2D eigenvalue weighted by atomic mass is 32.2. The van der Waals surface area contributed by atoms with Gasteiger partial charge in [-0.05, 0) is 30.2 Å². The molecule has 0 aliphatic carbocycles. The fourth-order valence-corrected chi connectivity index (χ4v) is 3.26. The predicted octanol–water partition coefficient (Wildman–Crippen LogP) is 2.18. The second-order valence-electron chi connectivity index (χ2n) is 6.42. The molecule has 0 saturated heterocycles. The zero-order valence-electron chi connectivity index (χ0n) is 16.2. The molecule has 150 valence electrons. The third kappa shape index (κ3) is 5.35. The highest BCUT2D eigenvalue weighted by Gasteiger charge is 2.26. The molecule has 3 N–H and O–H groups in total. The van der Waals surface area contributed by atoms with Gasteiger partial charge in [-0.25, -0.2) is 0 Å². The molecule has 2 aromatic rings. The lowest BCUT2D eigenvalue weighted by molar-refractivity contribution is -0.115. The summed E-state index contributed by atoms with van der Waals surface area (Å²) in [6, 6.07) is 6.50. The van der Waals surface area contributed by atoms with Crippen molar-refractivity contribution in [2.75, 3.05) is 12.9 Å². The molecule has 2 amide bonds. The van der Waals surface area contributed by atoms with Crippen LogP contribution < -0.4 is 15.8 Å². The minimum Gasteiger partial charge on any atom is -0.497 e. The molecule has 2 rings (SSSR count). The standard InChI is InChI=1S/C19H25N5O3S/c1-5-10-24-17(22-23-19(24)28-11-15(20)25)16(12(2)3)21-18(26)13-6-8-14(27-4)9-7-13/h5-9,12,16H,1,10-11H2,2-4H3,(H2,20,25)(H,21,26). The Labute approximate surface area is 168 Å². The van der Waals surface area contributed by atoms with Crippen LogP contribution in [0, 0.1) is 5.92 Å². The van der Waals surface area contributed by atoms with E-state index < -0.39 is 5.91 Å². The Morgan fingerprint density at radius 2 is 2.00 bits per heavy atom. The van der Waals surface area contributed by atoms with Crippen LogP contribution in [-0.4, -0.2) is 39.4 Å². The number of amides is 2. The number of primary amides is 1. The summed E-state index contributed by atoms with van der Waals surface area (Å²) in [4.78, 5) is 23.8. The molecule has 1 aromatic heterocycles. The molecule has 1 unspecified atom stereocenters. The molecular weight excluding hydrogens is 378 g/mol. The van der Waals surface area contributed by atoms with Gasteiger partial charge in [0.05, 0.1) is 18.9 Å². The summed E-state index contributed by atoms with van der Waals surface area (Å²) in [6.07, 6.45) is 1.71. The number of methoxy groups -OCH3 is 1. The van der Waals surface area contributed by atoms with E-state index in [1.165, 1.54) is 11.8 Å². The number of ether oxygens (including phenoxy) is 1. The number of nitrogens with two attached hydrogens (primary N) is 1. The van der Waals surface area contributed by atoms with Crippen molar-refractivity contribution >= 4 is 23.6 Å². The van der Waals surface area contributed by atoms with Crippen LogP contribution in [0.3, 0.4) is 0 Å². The summed E-state index contributed by atoms with van der Waals surface area (Å²) in [5, 5.41) is 12.0. The van der Waals surface area contributed by atoms with Crippen LogP contribution in [0.5, 0.6) is 5.75 Å². The summed E-state index contributed by atoms with van der Waals surface area (Å²) in [7, 11) is 1.57. The van der Waals surface area contributed by atoms with Crippen LogP contribution in [0.25, 0.3) is 0 Å². The summed E-state index contributed by atoms with van der Waals surface area (Å²) >= 11 is 1.20. The molecule has 0 saturated carbocycles. The molecule has 8 nitrogen and oxygen atoms in total. The molecule has 0 bridgehead atoms. The van der Waals surface area contributed by atoms with Gasteiger partial charge in [-0.2, -0.15) is 0 Å². The number of carbonyl (C=O) groups is 2. The van der Waals surface area contributed by atoms with E-state index in [0.29, 0.717) is 28.8 Å². The van der Waals surface area contributed by atoms with Gasteiger partial charge in [0.15, 0.2) is 11.0 Å². The first-order valence-corrected chi connectivity index (χ1v) is 9.76. The molecule has 1 heterocycles. The average molecular weight is 404 g/mol. The maximum atomic E-state index is 12.7. The molecule has 9 heteroatoms. The lowest BCUT2D eigenvalue weighted by Gasteiger charge is -2.22. The maximum absolute atomic E-state index is 12.7. The second kappa shape index (κ2) is 9.93. The van der Waals surface area contributed by atoms with E-state index >= 15 is 0 Å². The molecule has 0 spiro atoms. The summed E-state index contributed by atoms with van der Waals surface area (Å²) < 4.78 is 6.96. The van der Waals surface area contributed by atoms with E-state index in [1.54, 1.807) is 37.5 Å². The van der Waals surface area contributed by atoms with Crippen molar-refractivity contribution in [1.29, 1.82) is 0 Å². The van der Waals surface area contributed by atoms with Crippen LogP contribution in [-0.2, 0) is 11.3 Å². The van der Waals surface area contributed by atoms with Crippen molar-refractivity contribution in [3.8, 4) is 5.75 Å². The second-order valence-corrected chi connectivity index (χ2v) is 7.36. The van der Waals surface area contributed by atoms with Crippen LogP contribution >= 0.6 is 11.8 Å². The van der Waals surface area contributed by atoms with Crippen LogP contribution in [0.2, 0.25) is 0 Å². The number of rotatable bonds is 10. The Balaban J connectivity index is 2.28. The first kappa shape index (κ1) is 21.5. The van der Waals surface area contributed by atoms with Crippen molar-refractivity contribution in [3.05, 3.63) is 48.3 Å². The van der Waals surface area contributed by atoms with Crippen molar-refractivity contribution in [2.45, 2.75) is 31.6 Å². The van der Waals surface area contributed by atoms with Gasteiger partial charge in [-0.15, -0.1) is 16.8 Å². The van der Waals surface area contributed by atoms with Gasteiger partial charge in [0.1, 0.15) is 5.75 Å². The number of nitrogens with zero attached hydrogens (tertiary/aromatic N) is 3. The zero-order chi connectivity index (χ0) is 20.7. The van der Waals surface area contributed by atoms with Gasteiger partial charge < -0.3 is 20.4 Å². The maximum Gasteiger partial charge on any atom is 0.251 e. The third-order valence-corrected chi connectivity index (χ3v) is 4.97. The number of carbonyl (C=O) groups excluding carboxylic acids is 2. The highest BCUT2D eigenvalue weighted by molar-refractivity contribution is 7.99. The van der Waals surface area contributed by atoms with Crippen molar-refractivity contribution in [2.24, 2.45) is 11.7 Å². The number of benzene rings is 1. The van der Waals surface area contributed by atoms with Gasteiger partial charge in [0, 0.05) is 12.1 Å². The lowest BCUT2D eigenvalue weighted by Crippen LogP contribution is -2.33. The number of aromatic nitrogens is 3. The van der Waals surface area contributed by atoms with Gasteiger partial charge in [0.25, 0.3) is 5.91 Å². The largest absolute Gasteiger partial charge is 0.497 e. The minimum atomic E-state index is -0.437. The first-order chi connectivity index (χ1) is 13.4. The quantitative estimate of drug-likeness (QED) is 0.464. The monoisotopic (exact) mass is 403 g/mol. The number of hydrogen-bond donors (Lipinski definition) is 2. The number of hydrogen-bond acceptors (Lipinski definition) is 6. The van der Waals surface area contributed by atoms with Gasteiger partial charge in [0.2, 0.25) is 5.91 Å². The molecule has 0 radical (unpaired) electrons. The fourth-order valence-electron chi connectivity index (χ4n) is 2.57. The summed E-state index contributed by atoms with van der Waals surface area (Å²) in [6.45, 7) is 8.19. The zero-order valence-corrected chi connectivity index (χ0v) is 17.0. The smallest absolute Gasteiger partial charge is 0.251 e. The summed E-state index contributed by atoms with van der Waals surface area (Å²) in [5.41, 5.74) is 5.74.